The third kappa shape index (κ3) is 2.56. The Kier molecular flexibility index (Phi) is 3.45. The summed E-state index contributed by atoms with van der Waals surface area (Å²) in [6, 6.07) is 4.89. The van der Waals surface area contributed by atoms with Crippen molar-refractivity contribution in [1.82, 2.24) is 9.78 Å². The van der Waals surface area contributed by atoms with Crippen LogP contribution in [0.25, 0.3) is 5.69 Å². The van der Waals surface area contributed by atoms with Gasteiger partial charge in [-0.2, -0.15) is 18.3 Å². The quantitative estimate of drug-likeness (QED) is 0.923. The Bertz CT molecular complexity index is 566. The van der Waals surface area contributed by atoms with Crippen LogP contribution in [0, 0.1) is 0 Å². The summed E-state index contributed by atoms with van der Waals surface area (Å²) < 4.78 is 39.2. The van der Waals surface area contributed by atoms with Gasteiger partial charge in [-0.25, -0.2) is 4.68 Å². The zero-order valence-corrected chi connectivity index (χ0v) is 10.5. The SMILES string of the molecule is OCc1cc(Br)ccc1-n1cc(C(F)(F)F)cn1. The summed E-state index contributed by atoms with van der Waals surface area (Å²) in [6.45, 7) is -0.282. The van der Waals surface area contributed by atoms with Crippen LogP contribution in [-0.2, 0) is 12.8 Å². The minimum Gasteiger partial charge on any atom is -0.392 e. The third-order valence-electron chi connectivity index (χ3n) is 2.37. The first kappa shape index (κ1) is 13.1. The van der Waals surface area contributed by atoms with Crippen molar-refractivity contribution in [1.29, 1.82) is 0 Å². The van der Waals surface area contributed by atoms with Crippen LogP contribution in [0.5, 0.6) is 0 Å². The second kappa shape index (κ2) is 4.74. The molecule has 96 valence electrons. The van der Waals surface area contributed by atoms with Gasteiger partial charge in [0.05, 0.1) is 24.1 Å². The molecule has 2 aromatic rings. The van der Waals surface area contributed by atoms with Gasteiger partial charge in [0.1, 0.15) is 0 Å². The molecule has 2 rings (SSSR count). The number of benzene rings is 1. The van der Waals surface area contributed by atoms with Crippen molar-refractivity contribution in [2.24, 2.45) is 0 Å². The van der Waals surface area contributed by atoms with E-state index in [-0.39, 0.29) is 6.61 Å². The maximum Gasteiger partial charge on any atom is 0.419 e. The summed E-state index contributed by atoms with van der Waals surface area (Å²) in [5, 5.41) is 12.8. The molecule has 1 aromatic heterocycles. The summed E-state index contributed by atoms with van der Waals surface area (Å²) in [7, 11) is 0. The molecular weight excluding hydrogens is 313 g/mol. The molecule has 1 aromatic carbocycles. The number of aromatic nitrogens is 2. The first-order valence-corrected chi connectivity index (χ1v) is 5.72. The van der Waals surface area contributed by atoms with Gasteiger partial charge in [-0.05, 0) is 18.2 Å². The van der Waals surface area contributed by atoms with E-state index in [1.807, 2.05) is 0 Å². The Morgan fingerprint density at radius 1 is 1.33 bits per heavy atom. The van der Waals surface area contributed by atoms with Crippen LogP contribution in [0.15, 0.2) is 35.1 Å². The van der Waals surface area contributed by atoms with E-state index in [0.29, 0.717) is 11.3 Å². The number of nitrogens with zero attached hydrogens (tertiary/aromatic N) is 2. The molecule has 7 heteroatoms. The second-order valence-electron chi connectivity index (χ2n) is 3.60. The van der Waals surface area contributed by atoms with Crippen LogP contribution in [0.3, 0.4) is 0 Å². The maximum atomic E-state index is 12.5. The van der Waals surface area contributed by atoms with Gasteiger partial charge in [0.15, 0.2) is 0 Å². The van der Waals surface area contributed by atoms with Crippen molar-refractivity contribution >= 4 is 15.9 Å². The van der Waals surface area contributed by atoms with Gasteiger partial charge in [0, 0.05) is 16.2 Å². The van der Waals surface area contributed by atoms with Gasteiger partial charge in [-0.15, -0.1) is 0 Å². The van der Waals surface area contributed by atoms with Crippen molar-refractivity contribution in [3.05, 3.63) is 46.2 Å². The molecule has 0 unspecified atom stereocenters. The minimum atomic E-state index is -4.42. The number of alkyl halides is 3. The lowest BCUT2D eigenvalue weighted by Crippen LogP contribution is -2.04. The molecule has 3 nitrogen and oxygen atoms in total. The summed E-state index contributed by atoms with van der Waals surface area (Å²) >= 11 is 3.23. The number of halogens is 4. The number of hydrogen-bond donors (Lipinski definition) is 1. The van der Waals surface area contributed by atoms with Gasteiger partial charge in [0.2, 0.25) is 0 Å². The highest BCUT2D eigenvalue weighted by Gasteiger charge is 2.32. The van der Waals surface area contributed by atoms with E-state index < -0.39 is 11.7 Å². The number of rotatable bonds is 2. The molecule has 0 aliphatic rings. The number of aliphatic hydroxyl groups excluding tert-OH is 1. The molecular formula is C11H8BrF3N2O. The van der Waals surface area contributed by atoms with Gasteiger partial charge >= 0.3 is 6.18 Å². The van der Waals surface area contributed by atoms with Crippen LogP contribution in [0.4, 0.5) is 13.2 Å². The van der Waals surface area contributed by atoms with E-state index in [9.17, 15) is 18.3 Å². The largest absolute Gasteiger partial charge is 0.419 e. The summed E-state index contributed by atoms with van der Waals surface area (Å²) in [5.74, 6) is 0. The summed E-state index contributed by atoms with van der Waals surface area (Å²) in [6.07, 6.45) is -2.78. The Morgan fingerprint density at radius 2 is 2.06 bits per heavy atom. The lowest BCUT2D eigenvalue weighted by Gasteiger charge is -2.08. The summed E-state index contributed by atoms with van der Waals surface area (Å²) in [5.41, 5.74) is 0.0757. The predicted octanol–water partition coefficient (Wildman–Crippen LogP) is 3.15. The molecule has 0 aliphatic heterocycles. The van der Waals surface area contributed by atoms with Gasteiger partial charge < -0.3 is 5.11 Å². The third-order valence-corrected chi connectivity index (χ3v) is 2.86. The lowest BCUT2D eigenvalue weighted by molar-refractivity contribution is -0.137. The molecule has 0 spiro atoms. The standard InChI is InChI=1S/C11H8BrF3N2O/c12-9-1-2-10(7(3-9)6-18)17-5-8(4-16-17)11(13,14)15/h1-5,18H,6H2. The molecule has 0 saturated carbocycles. The maximum absolute atomic E-state index is 12.5. The molecule has 18 heavy (non-hydrogen) atoms. The molecule has 0 aliphatic carbocycles. The molecule has 0 bridgehead atoms. The van der Waals surface area contributed by atoms with Crippen molar-refractivity contribution in [3.63, 3.8) is 0 Å². The Morgan fingerprint density at radius 3 is 2.61 bits per heavy atom. The summed E-state index contributed by atoms with van der Waals surface area (Å²) in [4.78, 5) is 0. The van der Waals surface area contributed by atoms with Crippen LogP contribution in [0.2, 0.25) is 0 Å². The molecule has 1 N–H and O–H groups in total. The zero-order valence-electron chi connectivity index (χ0n) is 8.95. The average Bonchev–Trinajstić information content (AvgIpc) is 2.77. The van der Waals surface area contributed by atoms with E-state index in [1.165, 1.54) is 0 Å². The monoisotopic (exact) mass is 320 g/mol. The van der Waals surface area contributed by atoms with Crippen LogP contribution < -0.4 is 0 Å². The Balaban J connectivity index is 2.46. The molecule has 0 fully saturated rings. The van der Waals surface area contributed by atoms with E-state index in [2.05, 4.69) is 21.0 Å². The number of hydrogen-bond acceptors (Lipinski definition) is 2. The zero-order chi connectivity index (χ0) is 13.3. The van der Waals surface area contributed by atoms with Gasteiger partial charge in [-0.1, -0.05) is 15.9 Å². The fourth-order valence-corrected chi connectivity index (χ4v) is 1.91. The molecule has 1 heterocycles. The normalized spacial score (nSPS) is 11.8. The first-order chi connectivity index (χ1) is 8.41. The van der Waals surface area contributed by atoms with Crippen molar-refractivity contribution in [3.8, 4) is 5.69 Å². The van der Waals surface area contributed by atoms with Crippen LogP contribution in [0.1, 0.15) is 11.1 Å². The van der Waals surface area contributed by atoms with Crippen LogP contribution >= 0.6 is 15.9 Å². The fraction of sp³-hybridized carbons (Fsp3) is 0.182. The van der Waals surface area contributed by atoms with E-state index in [1.54, 1.807) is 18.2 Å². The molecule has 0 amide bonds. The van der Waals surface area contributed by atoms with Crippen molar-refractivity contribution < 1.29 is 18.3 Å². The molecule has 0 atom stereocenters. The highest BCUT2D eigenvalue weighted by molar-refractivity contribution is 9.10. The molecule has 0 radical (unpaired) electrons. The van der Waals surface area contributed by atoms with E-state index in [4.69, 9.17) is 0 Å². The average molecular weight is 321 g/mol. The van der Waals surface area contributed by atoms with E-state index in [0.717, 1.165) is 21.5 Å². The van der Waals surface area contributed by atoms with Crippen molar-refractivity contribution in [2.75, 3.05) is 0 Å². The second-order valence-corrected chi connectivity index (χ2v) is 4.52. The van der Waals surface area contributed by atoms with Crippen molar-refractivity contribution in [2.45, 2.75) is 12.8 Å². The Hall–Kier alpha value is -1.34. The first-order valence-electron chi connectivity index (χ1n) is 4.93. The smallest absolute Gasteiger partial charge is 0.392 e. The van der Waals surface area contributed by atoms with Gasteiger partial charge in [-0.3, -0.25) is 0 Å². The number of aliphatic hydroxyl groups is 1. The lowest BCUT2D eigenvalue weighted by atomic mass is 10.2. The fourth-order valence-electron chi connectivity index (χ4n) is 1.51. The highest BCUT2D eigenvalue weighted by atomic mass is 79.9. The predicted molar refractivity (Wildman–Crippen MR) is 62.2 cm³/mol. The Labute approximate surface area is 109 Å². The van der Waals surface area contributed by atoms with E-state index >= 15 is 0 Å². The van der Waals surface area contributed by atoms with Gasteiger partial charge in [0.25, 0.3) is 0 Å². The van der Waals surface area contributed by atoms with Crippen LogP contribution in [-0.4, -0.2) is 14.9 Å². The highest BCUT2D eigenvalue weighted by Crippen LogP contribution is 2.29. The molecule has 0 saturated heterocycles. The topological polar surface area (TPSA) is 38.0 Å². The minimum absolute atomic E-state index is 0.282.